The van der Waals surface area contributed by atoms with Crippen molar-refractivity contribution >= 4 is 28.5 Å². The molecule has 0 radical (unpaired) electrons. The van der Waals surface area contributed by atoms with Crippen LogP contribution < -0.4 is 5.32 Å². The van der Waals surface area contributed by atoms with E-state index in [1.807, 2.05) is 13.8 Å². The number of rotatable bonds is 9. The molecule has 0 spiro atoms. The maximum absolute atomic E-state index is 14.6. The maximum Gasteiger partial charge on any atom is 0.224 e. The number of aliphatic hydroxyl groups is 1. The number of benzene rings is 2. The lowest BCUT2D eigenvalue weighted by atomic mass is 9.96. The molecule has 0 aliphatic heterocycles. The second-order valence-electron chi connectivity index (χ2n) is 9.71. The molecule has 2 aromatic carbocycles. The van der Waals surface area contributed by atoms with E-state index in [2.05, 4.69) is 10.5 Å². The molecule has 9 heteroatoms. The number of carbonyl (C=O) groups is 1. The fraction of sp³-hybridized carbons (Fsp3) is 0.357. The minimum atomic E-state index is -1.05. The molecule has 2 unspecified atom stereocenters. The van der Waals surface area contributed by atoms with E-state index < -0.39 is 23.8 Å². The van der Waals surface area contributed by atoms with Crippen LogP contribution in [-0.4, -0.2) is 16.2 Å². The average Bonchev–Trinajstić information content (AvgIpc) is 3.38. The van der Waals surface area contributed by atoms with Crippen LogP contribution in [0.3, 0.4) is 0 Å². The number of hydrogen-bond acceptors (Lipinski definition) is 5. The molecule has 6 nitrogen and oxygen atoms in total. The quantitative estimate of drug-likeness (QED) is 0.246. The molecule has 0 fully saturated rings. The van der Waals surface area contributed by atoms with Gasteiger partial charge in [-0.15, -0.1) is 0 Å². The van der Waals surface area contributed by atoms with Gasteiger partial charge in [-0.1, -0.05) is 36.7 Å². The summed E-state index contributed by atoms with van der Waals surface area (Å²) in [5.41, 5.74) is 2.16. The second kappa shape index (κ2) is 11.0. The molecule has 0 saturated heterocycles. The molecule has 196 valence electrons. The maximum atomic E-state index is 14.6. The van der Waals surface area contributed by atoms with Crippen molar-refractivity contribution in [1.82, 2.24) is 10.5 Å². The summed E-state index contributed by atoms with van der Waals surface area (Å²) in [4.78, 5) is 12.9. The van der Waals surface area contributed by atoms with Crippen molar-refractivity contribution in [1.29, 1.82) is 0 Å². The first-order valence-corrected chi connectivity index (χ1v) is 12.5. The summed E-state index contributed by atoms with van der Waals surface area (Å²) in [6.45, 7) is 7.47. The fourth-order valence-corrected chi connectivity index (χ4v) is 4.68. The highest BCUT2D eigenvalue weighted by Crippen LogP contribution is 2.32. The summed E-state index contributed by atoms with van der Waals surface area (Å²) >= 11 is 5.78. The van der Waals surface area contributed by atoms with Gasteiger partial charge in [-0.25, -0.2) is 8.78 Å². The van der Waals surface area contributed by atoms with Crippen molar-refractivity contribution in [2.75, 3.05) is 0 Å². The van der Waals surface area contributed by atoms with Crippen molar-refractivity contribution in [3.05, 3.63) is 87.0 Å². The zero-order chi connectivity index (χ0) is 26.9. The minimum Gasteiger partial charge on any atom is -0.458 e. The lowest BCUT2D eigenvalue weighted by molar-refractivity contribution is -0.121. The first kappa shape index (κ1) is 26.8. The SMILES string of the molecule is Cc1noc(C)c1C(O)c1cc2cc(CC(=O)NC(CCC(C)C)c3c(F)cc(Cl)cc3F)ccc2o1. The standard InChI is InChI=1S/C28H29ClF2N2O4/c1-14(2)5-7-22(27-20(30)12-19(29)13-21(27)31)32-25(34)10-17-6-8-23-18(9-17)11-24(36-23)28(35)26-15(3)33-37-16(26)4/h6,8-9,11-14,22,28,35H,5,7,10H2,1-4H3,(H,32,34). The van der Waals surface area contributed by atoms with Gasteiger partial charge in [0, 0.05) is 16.0 Å². The summed E-state index contributed by atoms with van der Waals surface area (Å²) in [7, 11) is 0. The predicted octanol–water partition coefficient (Wildman–Crippen LogP) is 6.89. The van der Waals surface area contributed by atoms with Crippen LogP contribution in [0.4, 0.5) is 8.78 Å². The molecule has 37 heavy (non-hydrogen) atoms. The summed E-state index contributed by atoms with van der Waals surface area (Å²) in [6, 6.07) is 8.22. The smallest absolute Gasteiger partial charge is 0.224 e. The molecule has 0 aliphatic carbocycles. The number of furan rings is 1. The van der Waals surface area contributed by atoms with E-state index in [4.69, 9.17) is 20.5 Å². The number of hydrogen-bond donors (Lipinski definition) is 2. The molecule has 4 rings (SSSR count). The van der Waals surface area contributed by atoms with Gasteiger partial charge in [0.2, 0.25) is 5.91 Å². The number of halogens is 3. The Labute approximate surface area is 218 Å². The van der Waals surface area contributed by atoms with Crippen LogP contribution in [0, 0.1) is 31.4 Å². The van der Waals surface area contributed by atoms with Gasteiger partial charge in [0.05, 0.1) is 23.7 Å². The van der Waals surface area contributed by atoms with Gasteiger partial charge in [-0.3, -0.25) is 4.79 Å². The van der Waals surface area contributed by atoms with E-state index in [0.717, 1.165) is 12.1 Å². The van der Waals surface area contributed by atoms with Crippen LogP contribution >= 0.6 is 11.6 Å². The molecule has 2 heterocycles. The van der Waals surface area contributed by atoms with Crippen molar-refractivity contribution in [2.24, 2.45) is 5.92 Å². The third-order valence-electron chi connectivity index (χ3n) is 6.36. The van der Waals surface area contributed by atoms with Crippen LogP contribution in [0.5, 0.6) is 0 Å². The Kier molecular flexibility index (Phi) is 7.99. The monoisotopic (exact) mass is 530 g/mol. The van der Waals surface area contributed by atoms with Crippen LogP contribution in [0.15, 0.2) is 45.3 Å². The van der Waals surface area contributed by atoms with Crippen LogP contribution in [0.2, 0.25) is 5.02 Å². The number of carbonyl (C=O) groups excluding carboxylic acids is 1. The molecule has 2 atom stereocenters. The number of nitrogens with one attached hydrogen (secondary N) is 1. The molecule has 4 aromatic rings. The molecule has 0 bridgehead atoms. The molecule has 0 aliphatic rings. The largest absolute Gasteiger partial charge is 0.458 e. The normalized spacial score (nSPS) is 13.3. The third kappa shape index (κ3) is 6.02. The van der Waals surface area contributed by atoms with E-state index in [9.17, 15) is 18.7 Å². The second-order valence-corrected chi connectivity index (χ2v) is 10.1. The van der Waals surface area contributed by atoms with E-state index in [1.165, 1.54) is 0 Å². The number of nitrogens with zero attached hydrogens (tertiary/aromatic N) is 1. The molecule has 1 amide bonds. The van der Waals surface area contributed by atoms with E-state index in [0.29, 0.717) is 52.2 Å². The summed E-state index contributed by atoms with van der Waals surface area (Å²) in [5, 5.41) is 18.1. The van der Waals surface area contributed by atoms with Gasteiger partial charge in [-0.2, -0.15) is 0 Å². The highest BCUT2D eigenvalue weighted by atomic mass is 35.5. The minimum absolute atomic E-state index is 0.00210. The highest BCUT2D eigenvalue weighted by molar-refractivity contribution is 6.30. The van der Waals surface area contributed by atoms with Gasteiger partial charge in [0.1, 0.15) is 34.8 Å². The predicted molar refractivity (Wildman–Crippen MR) is 136 cm³/mol. The van der Waals surface area contributed by atoms with Gasteiger partial charge < -0.3 is 19.4 Å². The first-order valence-electron chi connectivity index (χ1n) is 12.1. The molecular formula is C28H29ClF2N2O4. The average molecular weight is 531 g/mol. The molecule has 2 aromatic heterocycles. The Morgan fingerprint density at radius 3 is 2.41 bits per heavy atom. The number of aryl methyl sites for hydroxylation is 2. The Morgan fingerprint density at radius 1 is 1.08 bits per heavy atom. The fourth-order valence-electron chi connectivity index (χ4n) is 4.49. The molecule has 2 N–H and O–H groups in total. The summed E-state index contributed by atoms with van der Waals surface area (Å²) < 4.78 is 40.2. The Bertz CT molecular complexity index is 1390. The van der Waals surface area contributed by atoms with Crippen LogP contribution in [0.25, 0.3) is 11.0 Å². The van der Waals surface area contributed by atoms with Gasteiger partial charge in [0.15, 0.2) is 0 Å². The van der Waals surface area contributed by atoms with Crippen molar-refractivity contribution in [3.8, 4) is 0 Å². The number of aliphatic hydroxyl groups excluding tert-OH is 1. The molecule has 0 saturated carbocycles. The zero-order valence-corrected chi connectivity index (χ0v) is 21.8. The van der Waals surface area contributed by atoms with Crippen LogP contribution in [0.1, 0.15) is 72.7 Å². The van der Waals surface area contributed by atoms with E-state index in [1.54, 1.807) is 38.1 Å². The Hall–Kier alpha value is -3.23. The van der Waals surface area contributed by atoms with Crippen molar-refractivity contribution in [3.63, 3.8) is 0 Å². The number of amides is 1. The van der Waals surface area contributed by atoms with Gasteiger partial charge in [0.25, 0.3) is 0 Å². The highest BCUT2D eigenvalue weighted by Gasteiger charge is 2.25. The third-order valence-corrected chi connectivity index (χ3v) is 6.57. The van der Waals surface area contributed by atoms with Crippen molar-refractivity contribution < 1.29 is 27.6 Å². The lowest BCUT2D eigenvalue weighted by Crippen LogP contribution is -2.31. The van der Waals surface area contributed by atoms with Crippen molar-refractivity contribution in [2.45, 2.75) is 59.1 Å². The number of fused-ring (bicyclic) bond motifs is 1. The topological polar surface area (TPSA) is 88.5 Å². The Balaban J connectivity index is 1.53. The van der Waals surface area contributed by atoms with Crippen LogP contribution in [-0.2, 0) is 11.2 Å². The van der Waals surface area contributed by atoms with Gasteiger partial charge >= 0.3 is 0 Å². The lowest BCUT2D eigenvalue weighted by Gasteiger charge is -2.21. The van der Waals surface area contributed by atoms with E-state index in [-0.39, 0.29) is 28.8 Å². The first-order chi connectivity index (χ1) is 17.5. The summed E-state index contributed by atoms with van der Waals surface area (Å²) in [5.74, 6) is -0.832. The van der Waals surface area contributed by atoms with E-state index >= 15 is 0 Å². The van der Waals surface area contributed by atoms with Gasteiger partial charge in [-0.05, 0) is 68.5 Å². The Morgan fingerprint density at radius 2 is 1.78 bits per heavy atom. The number of aromatic nitrogens is 1. The zero-order valence-electron chi connectivity index (χ0n) is 21.1. The summed E-state index contributed by atoms with van der Waals surface area (Å²) in [6.07, 6.45) is 0.000668. The molecular weight excluding hydrogens is 502 g/mol.